The molecule has 1 aromatic heterocycles. The number of nitro groups is 1. The van der Waals surface area contributed by atoms with E-state index in [1.54, 1.807) is 13.0 Å². The van der Waals surface area contributed by atoms with Crippen LogP contribution in [0.2, 0.25) is 0 Å². The summed E-state index contributed by atoms with van der Waals surface area (Å²) >= 11 is 0. The fourth-order valence-corrected chi connectivity index (χ4v) is 0.787. The highest BCUT2D eigenvalue weighted by atomic mass is 16.6. The molecule has 1 rings (SSSR count). The second-order valence-corrected chi connectivity index (χ2v) is 2.09. The number of aryl methyl sites for hydroxylation is 1. The van der Waals surface area contributed by atoms with Gasteiger partial charge in [0.2, 0.25) is 0 Å². The smallest absolute Gasteiger partial charge is 0.358 e. The van der Waals surface area contributed by atoms with E-state index in [0.717, 1.165) is 0 Å². The lowest BCUT2D eigenvalue weighted by molar-refractivity contribution is -0.390. The lowest BCUT2D eigenvalue weighted by Crippen LogP contribution is -1.96. The quantitative estimate of drug-likeness (QED) is 0.477. The molecule has 0 saturated heterocycles. The third-order valence-electron chi connectivity index (χ3n) is 1.36. The van der Waals surface area contributed by atoms with Gasteiger partial charge in [0.15, 0.2) is 5.56 Å². The molecule has 0 radical (unpaired) electrons. The van der Waals surface area contributed by atoms with E-state index in [2.05, 4.69) is 5.10 Å². The summed E-state index contributed by atoms with van der Waals surface area (Å²) in [6.07, 6.45) is 1.36. The monoisotopic (exact) mass is 166 g/mol. The van der Waals surface area contributed by atoms with Gasteiger partial charge in [-0.2, -0.15) is 9.94 Å². The molecule has 0 N–H and O–H groups in total. The standard InChI is InChI=1S/C6H6N4O2/c1-2-9-4-5(3-7)6(8-9)10(11)12/h4H,2H2,1H3. The van der Waals surface area contributed by atoms with Crippen LogP contribution in [0, 0.1) is 21.4 Å². The van der Waals surface area contributed by atoms with Crippen LogP contribution in [0.1, 0.15) is 12.5 Å². The van der Waals surface area contributed by atoms with Crippen molar-refractivity contribution >= 4 is 5.82 Å². The number of rotatable bonds is 2. The van der Waals surface area contributed by atoms with Gasteiger partial charge in [0.05, 0.1) is 17.8 Å². The predicted molar refractivity (Wildman–Crippen MR) is 39.3 cm³/mol. The van der Waals surface area contributed by atoms with Crippen LogP contribution in [0.15, 0.2) is 6.20 Å². The molecule has 0 fully saturated rings. The largest absolute Gasteiger partial charge is 0.407 e. The Labute approximate surface area is 68.2 Å². The third-order valence-corrected chi connectivity index (χ3v) is 1.36. The molecule has 0 saturated carbocycles. The molecule has 0 atom stereocenters. The van der Waals surface area contributed by atoms with Crippen molar-refractivity contribution in [1.29, 1.82) is 5.26 Å². The Morgan fingerprint density at radius 3 is 2.92 bits per heavy atom. The highest BCUT2D eigenvalue weighted by Gasteiger charge is 2.19. The molecule has 0 aromatic carbocycles. The Kier molecular flexibility index (Phi) is 2.05. The predicted octanol–water partition coefficient (Wildman–Crippen LogP) is 0.683. The van der Waals surface area contributed by atoms with E-state index in [4.69, 9.17) is 5.26 Å². The highest BCUT2D eigenvalue weighted by Crippen LogP contribution is 2.13. The summed E-state index contributed by atoms with van der Waals surface area (Å²) in [6.45, 7) is 2.31. The Hall–Kier alpha value is -1.90. The number of hydrogen-bond donors (Lipinski definition) is 0. The summed E-state index contributed by atoms with van der Waals surface area (Å²) in [5, 5.41) is 22.4. The average molecular weight is 166 g/mol. The van der Waals surface area contributed by atoms with E-state index in [0.29, 0.717) is 6.54 Å². The minimum atomic E-state index is -0.662. The van der Waals surface area contributed by atoms with Gasteiger partial charge in [-0.05, 0) is 11.8 Å². The van der Waals surface area contributed by atoms with E-state index in [-0.39, 0.29) is 11.4 Å². The van der Waals surface area contributed by atoms with Crippen LogP contribution >= 0.6 is 0 Å². The minimum absolute atomic E-state index is 0.00171. The zero-order chi connectivity index (χ0) is 9.14. The molecule has 0 aliphatic heterocycles. The fourth-order valence-electron chi connectivity index (χ4n) is 0.787. The van der Waals surface area contributed by atoms with Crippen molar-refractivity contribution in [3.05, 3.63) is 21.9 Å². The zero-order valence-electron chi connectivity index (χ0n) is 6.39. The molecule has 0 unspecified atom stereocenters. The van der Waals surface area contributed by atoms with Gasteiger partial charge in [-0.25, -0.2) is 0 Å². The number of nitriles is 1. The molecule has 0 aliphatic carbocycles. The number of hydrogen-bond acceptors (Lipinski definition) is 4. The molecule has 0 amide bonds. The van der Waals surface area contributed by atoms with Crippen molar-refractivity contribution < 1.29 is 4.92 Å². The maximum Gasteiger partial charge on any atom is 0.407 e. The summed E-state index contributed by atoms with van der Waals surface area (Å²) in [4.78, 5) is 9.63. The normalized spacial score (nSPS) is 9.33. The fraction of sp³-hybridized carbons (Fsp3) is 0.333. The first-order chi connectivity index (χ1) is 5.69. The molecule has 1 heterocycles. The van der Waals surface area contributed by atoms with E-state index >= 15 is 0 Å². The first-order valence-corrected chi connectivity index (χ1v) is 3.31. The van der Waals surface area contributed by atoms with Crippen LogP contribution in [-0.4, -0.2) is 14.7 Å². The topological polar surface area (TPSA) is 84.8 Å². The van der Waals surface area contributed by atoms with Gasteiger partial charge < -0.3 is 10.1 Å². The van der Waals surface area contributed by atoms with Gasteiger partial charge in [0, 0.05) is 0 Å². The molecule has 62 valence electrons. The van der Waals surface area contributed by atoms with E-state index in [9.17, 15) is 10.1 Å². The summed E-state index contributed by atoms with van der Waals surface area (Å²) < 4.78 is 1.36. The molecule has 1 aromatic rings. The summed E-state index contributed by atoms with van der Waals surface area (Å²) in [5.41, 5.74) is 0.00171. The zero-order valence-corrected chi connectivity index (χ0v) is 6.39. The highest BCUT2D eigenvalue weighted by molar-refractivity contribution is 5.40. The van der Waals surface area contributed by atoms with E-state index in [1.165, 1.54) is 10.9 Å². The van der Waals surface area contributed by atoms with E-state index < -0.39 is 4.92 Å². The average Bonchev–Trinajstić information content (AvgIpc) is 2.47. The Morgan fingerprint density at radius 1 is 1.92 bits per heavy atom. The van der Waals surface area contributed by atoms with Crippen LogP contribution in [0.5, 0.6) is 0 Å². The van der Waals surface area contributed by atoms with Gasteiger partial charge in [0.25, 0.3) is 0 Å². The van der Waals surface area contributed by atoms with Crippen LogP contribution in [0.4, 0.5) is 5.82 Å². The molecule has 0 spiro atoms. The SMILES string of the molecule is CCn1cc(C#N)c([N+](=O)[O-])n1. The molecule has 6 heteroatoms. The molecule has 0 bridgehead atoms. The second kappa shape index (κ2) is 3.00. The third kappa shape index (κ3) is 1.25. The summed E-state index contributed by atoms with van der Waals surface area (Å²) in [6, 6.07) is 1.71. The van der Waals surface area contributed by atoms with Gasteiger partial charge in [-0.1, -0.05) is 0 Å². The molecular weight excluding hydrogens is 160 g/mol. The van der Waals surface area contributed by atoms with Crippen molar-refractivity contribution in [1.82, 2.24) is 9.78 Å². The first-order valence-electron chi connectivity index (χ1n) is 3.31. The van der Waals surface area contributed by atoms with Crippen molar-refractivity contribution in [3.8, 4) is 6.07 Å². The second-order valence-electron chi connectivity index (χ2n) is 2.09. The Morgan fingerprint density at radius 2 is 2.58 bits per heavy atom. The maximum atomic E-state index is 10.3. The van der Waals surface area contributed by atoms with Crippen molar-refractivity contribution in [2.24, 2.45) is 0 Å². The lowest BCUT2D eigenvalue weighted by Gasteiger charge is -1.84. The summed E-state index contributed by atoms with van der Waals surface area (Å²) in [7, 11) is 0. The van der Waals surface area contributed by atoms with Crippen LogP contribution in [0.3, 0.4) is 0 Å². The van der Waals surface area contributed by atoms with Crippen LogP contribution < -0.4 is 0 Å². The van der Waals surface area contributed by atoms with E-state index in [1.807, 2.05) is 0 Å². The van der Waals surface area contributed by atoms with Crippen molar-refractivity contribution in [3.63, 3.8) is 0 Å². The van der Waals surface area contributed by atoms with Crippen LogP contribution in [-0.2, 0) is 6.54 Å². The lowest BCUT2D eigenvalue weighted by atomic mass is 10.4. The Bertz CT molecular complexity index is 349. The maximum absolute atomic E-state index is 10.3. The van der Waals surface area contributed by atoms with Gasteiger partial charge >= 0.3 is 5.82 Å². The number of nitrogens with zero attached hydrogens (tertiary/aromatic N) is 4. The van der Waals surface area contributed by atoms with Crippen molar-refractivity contribution in [2.75, 3.05) is 0 Å². The molecular formula is C6H6N4O2. The molecule has 12 heavy (non-hydrogen) atoms. The first kappa shape index (κ1) is 8.20. The Balaban J connectivity index is 3.19. The molecule has 6 nitrogen and oxygen atoms in total. The summed E-state index contributed by atoms with van der Waals surface area (Å²) in [5.74, 6) is -0.376. The van der Waals surface area contributed by atoms with Gasteiger partial charge in [-0.3, -0.25) is 0 Å². The minimum Gasteiger partial charge on any atom is -0.358 e. The number of aromatic nitrogens is 2. The molecule has 0 aliphatic rings. The van der Waals surface area contributed by atoms with Gasteiger partial charge in [-0.15, -0.1) is 0 Å². The van der Waals surface area contributed by atoms with Gasteiger partial charge in [0.1, 0.15) is 6.07 Å². The van der Waals surface area contributed by atoms with Crippen molar-refractivity contribution in [2.45, 2.75) is 13.5 Å². The van der Waals surface area contributed by atoms with Crippen LogP contribution in [0.25, 0.3) is 0 Å².